The second kappa shape index (κ2) is 5.06. The summed E-state index contributed by atoms with van der Waals surface area (Å²) in [6.07, 6.45) is -2.97. The molecule has 0 spiro atoms. The van der Waals surface area contributed by atoms with Gasteiger partial charge >= 0.3 is 6.18 Å². The van der Waals surface area contributed by atoms with Crippen molar-refractivity contribution in [2.75, 3.05) is 0 Å². The van der Waals surface area contributed by atoms with Crippen molar-refractivity contribution in [1.82, 2.24) is 9.78 Å². The van der Waals surface area contributed by atoms with E-state index in [4.69, 9.17) is 23.2 Å². The Balaban J connectivity index is 2.40. The van der Waals surface area contributed by atoms with Gasteiger partial charge in [-0.05, 0) is 19.1 Å². The Hall–Kier alpha value is -1.20. The van der Waals surface area contributed by atoms with Gasteiger partial charge in [-0.1, -0.05) is 29.3 Å². The minimum absolute atomic E-state index is 0.377. The van der Waals surface area contributed by atoms with Gasteiger partial charge in [-0.3, -0.25) is 4.68 Å². The van der Waals surface area contributed by atoms with Crippen LogP contribution in [-0.4, -0.2) is 16.0 Å². The van der Waals surface area contributed by atoms with Gasteiger partial charge < -0.3 is 0 Å². The molecule has 0 saturated heterocycles. The SMILES string of the molecule is Cc1nn(CC(F)(F)F)cc1-c1ccc(Cl)cc1Cl. The Morgan fingerprint density at radius 2 is 1.89 bits per heavy atom. The van der Waals surface area contributed by atoms with Crippen LogP contribution in [0.4, 0.5) is 13.2 Å². The molecule has 0 amide bonds. The molecular formula is C12H9Cl2F3N2. The highest BCUT2D eigenvalue weighted by Crippen LogP contribution is 2.32. The average Bonchev–Trinajstić information content (AvgIpc) is 2.56. The summed E-state index contributed by atoms with van der Waals surface area (Å²) >= 11 is 11.8. The van der Waals surface area contributed by atoms with E-state index in [0.717, 1.165) is 4.68 Å². The number of benzene rings is 1. The zero-order valence-corrected chi connectivity index (χ0v) is 11.3. The van der Waals surface area contributed by atoms with Crippen LogP contribution in [0.15, 0.2) is 24.4 Å². The number of halogens is 5. The van der Waals surface area contributed by atoms with Crippen LogP contribution in [0.25, 0.3) is 11.1 Å². The van der Waals surface area contributed by atoms with Crippen LogP contribution >= 0.6 is 23.2 Å². The first kappa shape index (κ1) is 14.2. The molecule has 0 aliphatic carbocycles. The lowest BCUT2D eigenvalue weighted by Gasteiger charge is -2.05. The minimum Gasteiger partial charge on any atom is -0.263 e. The molecule has 1 aromatic heterocycles. The quantitative estimate of drug-likeness (QED) is 0.784. The van der Waals surface area contributed by atoms with Crippen LogP contribution in [-0.2, 0) is 6.54 Å². The van der Waals surface area contributed by atoms with Crippen LogP contribution in [0, 0.1) is 6.92 Å². The number of aryl methyl sites for hydroxylation is 1. The van der Waals surface area contributed by atoms with E-state index in [1.165, 1.54) is 6.20 Å². The molecule has 0 aliphatic rings. The molecule has 0 unspecified atom stereocenters. The smallest absolute Gasteiger partial charge is 0.263 e. The highest BCUT2D eigenvalue weighted by atomic mass is 35.5. The lowest BCUT2D eigenvalue weighted by Crippen LogP contribution is -2.17. The number of hydrogen-bond donors (Lipinski definition) is 0. The van der Waals surface area contributed by atoms with Crippen LogP contribution in [0.3, 0.4) is 0 Å². The van der Waals surface area contributed by atoms with Gasteiger partial charge in [-0.2, -0.15) is 18.3 Å². The first-order chi connectivity index (χ1) is 8.76. The molecule has 1 heterocycles. The van der Waals surface area contributed by atoms with Gasteiger partial charge in [-0.15, -0.1) is 0 Å². The molecule has 0 atom stereocenters. The Labute approximate surface area is 117 Å². The summed E-state index contributed by atoms with van der Waals surface area (Å²) in [7, 11) is 0. The van der Waals surface area contributed by atoms with Gasteiger partial charge in [-0.25, -0.2) is 0 Å². The molecule has 2 rings (SSSR count). The lowest BCUT2D eigenvalue weighted by molar-refractivity contribution is -0.142. The molecule has 2 aromatic rings. The fourth-order valence-corrected chi connectivity index (χ4v) is 2.27. The van der Waals surface area contributed by atoms with E-state index in [1.54, 1.807) is 25.1 Å². The van der Waals surface area contributed by atoms with Crippen molar-refractivity contribution in [3.8, 4) is 11.1 Å². The van der Waals surface area contributed by atoms with Crippen molar-refractivity contribution in [3.05, 3.63) is 40.1 Å². The fraction of sp³-hybridized carbons (Fsp3) is 0.250. The lowest BCUT2D eigenvalue weighted by atomic mass is 10.1. The largest absolute Gasteiger partial charge is 0.408 e. The summed E-state index contributed by atoms with van der Waals surface area (Å²) in [5, 5.41) is 4.68. The normalized spacial score (nSPS) is 11.9. The van der Waals surface area contributed by atoms with Gasteiger partial charge in [0.15, 0.2) is 0 Å². The average molecular weight is 309 g/mol. The van der Waals surface area contributed by atoms with Crippen LogP contribution in [0.1, 0.15) is 5.69 Å². The number of rotatable bonds is 2. The minimum atomic E-state index is -4.31. The first-order valence-corrected chi connectivity index (χ1v) is 6.08. The second-order valence-corrected chi connectivity index (χ2v) is 4.91. The highest BCUT2D eigenvalue weighted by Gasteiger charge is 2.29. The number of aromatic nitrogens is 2. The van der Waals surface area contributed by atoms with E-state index < -0.39 is 12.7 Å². The summed E-state index contributed by atoms with van der Waals surface area (Å²) in [6, 6.07) is 4.83. The van der Waals surface area contributed by atoms with Crippen molar-refractivity contribution in [3.63, 3.8) is 0 Å². The number of nitrogens with zero attached hydrogens (tertiary/aromatic N) is 2. The molecular weight excluding hydrogens is 300 g/mol. The van der Waals surface area contributed by atoms with Crippen molar-refractivity contribution >= 4 is 23.2 Å². The Bertz CT molecular complexity index is 606. The zero-order valence-electron chi connectivity index (χ0n) is 9.80. The summed E-state index contributed by atoms with van der Waals surface area (Å²) in [4.78, 5) is 0. The molecule has 0 bridgehead atoms. The predicted octanol–water partition coefficient (Wildman–Crippen LogP) is 4.73. The first-order valence-electron chi connectivity index (χ1n) is 5.32. The van der Waals surface area contributed by atoms with Gasteiger partial charge in [0.25, 0.3) is 0 Å². The third kappa shape index (κ3) is 3.42. The van der Waals surface area contributed by atoms with Crippen molar-refractivity contribution < 1.29 is 13.2 Å². The zero-order chi connectivity index (χ0) is 14.2. The Kier molecular flexibility index (Phi) is 3.78. The molecule has 7 heteroatoms. The summed E-state index contributed by atoms with van der Waals surface area (Å²) in [6.45, 7) is 0.506. The maximum atomic E-state index is 12.3. The van der Waals surface area contributed by atoms with E-state index >= 15 is 0 Å². The third-order valence-corrected chi connectivity index (χ3v) is 3.06. The van der Waals surface area contributed by atoms with E-state index in [0.29, 0.717) is 26.9 Å². The van der Waals surface area contributed by atoms with Crippen molar-refractivity contribution in [2.24, 2.45) is 0 Å². The molecule has 0 fully saturated rings. The number of hydrogen-bond acceptors (Lipinski definition) is 1. The summed E-state index contributed by atoms with van der Waals surface area (Å²) in [5.74, 6) is 0. The second-order valence-electron chi connectivity index (χ2n) is 4.07. The third-order valence-electron chi connectivity index (χ3n) is 2.51. The standard InChI is InChI=1S/C12H9Cl2F3N2/c1-7-10(5-19(18-7)6-12(15,16)17)9-3-2-8(13)4-11(9)14/h2-5H,6H2,1H3. The van der Waals surface area contributed by atoms with Crippen molar-refractivity contribution in [2.45, 2.75) is 19.6 Å². The monoisotopic (exact) mass is 308 g/mol. The van der Waals surface area contributed by atoms with Gasteiger partial charge in [0.2, 0.25) is 0 Å². The molecule has 0 aliphatic heterocycles. The van der Waals surface area contributed by atoms with Gasteiger partial charge in [0.05, 0.1) is 5.69 Å². The molecule has 102 valence electrons. The molecule has 19 heavy (non-hydrogen) atoms. The number of alkyl halides is 3. The van der Waals surface area contributed by atoms with E-state index in [9.17, 15) is 13.2 Å². The van der Waals surface area contributed by atoms with E-state index in [2.05, 4.69) is 5.10 Å². The maximum absolute atomic E-state index is 12.3. The van der Waals surface area contributed by atoms with Crippen LogP contribution in [0.2, 0.25) is 10.0 Å². The Morgan fingerprint density at radius 3 is 2.47 bits per heavy atom. The van der Waals surface area contributed by atoms with Gasteiger partial charge in [0, 0.05) is 27.4 Å². The molecule has 2 nitrogen and oxygen atoms in total. The summed E-state index contributed by atoms with van der Waals surface area (Å²) < 4.78 is 37.8. The summed E-state index contributed by atoms with van der Waals surface area (Å²) in [5.41, 5.74) is 1.65. The van der Waals surface area contributed by atoms with E-state index in [1.807, 2.05) is 0 Å². The predicted molar refractivity (Wildman–Crippen MR) is 68.5 cm³/mol. The van der Waals surface area contributed by atoms with E-state index in [-0.39, 0.29) is 0 Å². The van der Waals surface area contributed by atoms with Crippen LogP contribution < -0.4 is 0 Å². The molecule has 0 radical (unpaired) electrons. The fourth-order valence-electron chi connectivity index (χ4n) is 1.75. The molecule has 0 N–H and O–H groups in total. The topological polar surface area (TPSA) is 17.8 Å². The Morgan fingerprint density at radius 1 is 1.21 bits per heavy atom. The van der Waals surface area contributed by atoms with Crippen LogP contribution in [0.5, 0.6) is 0 Å². The molecule has 0 saturated carbocycles. The highest BCUT2D eigenvalue weighted by molar-refractivity contribution is 6.36. The maximum Gasteiger partial charge on any atom is 0.408 e. The molecule has 1 aromatic carbocycles. The van der Waals surface area contributed by atoms with Gasteiger partial charge in [0.1, 0.15) is 6.54 Å². The van der Waals surface area contributed by atoms with Crippen molar-refractivity contribution in [1.29, 1.82) is 0 Å².